The van der Waals surface area contributed by atoms with Crippen LogP contribution in [-0.4, -0.2) is 6.71 Å². The summed E-state index contributed by atoms with van der Waals surface area (Å²) in [4.78, 5) is 5.10. The normalized spacial score (nSPS) is 15.8. The van der Waals surface area contributed by atoms with Gasteiger partial charge in [-0.25, -0.2) is 0 Å². The van der Waals surface area contributed by atoms with Crippen molar-refractivity contribution in [2.75, 3.05) is 9.80 Å². The zero-order chi connectivity index (χ0) is 45.5. The SMILES string of the molecule is CC(C)(C)c1ccc(N2c3cc(C(C)(C)C)cc4c3B(c3cc(C(C)(C)C)ccc3N4c3ccc(C(C)(C)C)cc3-c3ccccc3)c3c2oc2cc4c(cc32)CCCC4(C)C)cc1. The summed E-state index contributed by atoms with van der Waals surface area (Å²) < 4.78 is 7.45. The number of nitrogens with zero attached hydrogens (tertiary/aromatic N) is 2. The molecular formula is C60H67BN2O. The molecule has 0 fully saturated rings. The molecule has 3 nitrogen and oxygen atoms in total. The molecule has 2 aliphatic heterocycles. The lowest BCUT2D eigenvalue weighted by Crippen LogP contribution is -2.61. The predicted molar refractivity (Wildman–Crippen MR) is 276 cm³/mol. The van der Waals surface area contributed by atoms with Crippen LogP contribution < -0.4 is 26.2 Å². The van der Waals surface area contributed by atoms with E-state index in [1.165, 1.54) is 102 Å². The van der Waals surface area contributed by atoms with E-state index in [1.807, 2.05) is 0 Å². The van der Waals surface area contributed by atoms with E-state index >= 15 is 0 Å². The molecular weight excluding hydrogens is 775 g/mol. The van der Waals surface area contributed by atoms with Gasteiger partial charge in [0.2, 0.25) is 5.88 Å². The Kier molecular flexibility index (Phi) is 9.46. The average Bonchev–Trinajstić information content (AvgIpc) is 3.59. The number of benzene rings is 6. The Morgan fingerprint density at radius 1 is 0.531 bits per heavy atom. The Balaban J connectivity index is 1.36. The van der Waals surface area contributed by atoms with Gasteiger partial charge in [0.25, 0.3) is 6.71 Å². The van der Waals surface area contributed by atoms with Crippen molar-refractivity contribution in [2.24, 2.45) is 0 Å². The maximum absolute atomic E-state index is 7.45. The number of rotatable bonds is 3. The van der Waals surface area contributed by atoms with Crippen LogP contribution >= 0.6 is 0 Å². The van der Waals surface area contributed by atoms with E-state index in [-0.39, 0.29) is 33.8 Å². The maximum atomic E-state index is 7.45. The molecule has 3 heterocycles. The molecule has 0 bridgehead atoms. The summed E-state index contributed by atoms with van der Waals surface area (Å²) in [6, 6.07) is 44.9. The number of hydrogen-bond acceptors (Lipinski definition) is 3. The smallest absolute Gasteiger partial charge is 0.257 e. The highest BCUT2D eigenvalue weighted by molar-refractivity contribution is 7.01. The molecule has 0 amide bonds. The summed E-state index contributed by atoms with van der Waals surface area (Å²) in [7, 11) is 0. The highest BCUT2D eigenvalue weighted by Crippen LogP contribution is 2.51. The van der Waals surface area contributed by atoms with Gasteiger partial charge in [-0.1, -0.05) is 158 Å². The fourth-order valence-corrected chi connectivity index (χ4v) is 10.9. The minimum absolute atomic E-state index is 0.0178. The van der Waals surface area contributed by atoms with Gasteiger partial charge in [0.15, 0.2) is 0 Å². The number of aryl methyl sites for hydroxylation is 1. The molecule has 0 unspecified atom stereocenters. The Hall–Kier alpha value is -5.48. The predicted octanol–water partition coefficient (Wildman–Crippen LogP) is 15.0. The van der Waals surface area contributed by atoms with Crippen LogP contribution in [0.1, 0.15) is 143 Å². The van der Waals surface area contributed by atoms with Crippen LogP contribution in [0.5, 0.6) is 0 Å². The topological polar surface area (TPSA) is 19.6 Å². The Morgan fingerprint density at radius 2 is 1.11 bits per heavy atom. The second-order valence-corrected chi connectivity index (χ2v) is 24.0. The van der Waals surface area contributed by atoms with Gasteiger partial charge >= 0.3 is 0 Å². The molecule has 0 spiro atoms. The van der Waals surface area contributed by atoms with Crippen molar-refractivity contribution >= 4 is 68.4 Å². The molecule has 0 saturated heterocycles. The molecule has 0 radical (unpaired) electrons. The van der Waals surface area contributed by atoms with Crippen molar-refractivity contribution in [1.82, 2.24) is 0 Å². The first-order valence-electron chi connectivity index (χ1n) is 23.8. The first-order chi connectivity index (χ1) is 30.0. The average molecular weight is 843 g/mol. The Bertz CT molecular complexity index is 2980. The Morgan fingerprint density at radius 3 is 1.73 bits per heavy atom. The van der Waals surface area contributed by atoms with Crippen molar-refractivity contribution in [3.8, 4) is 11.1 Å². The summed E-state index contributed by atoms with van der Waals surface area (Å²) in [6.45, 7) is 32.7. The van der Waals surface area contributed by atoms with Crippen LogP contribution in [0, 0.1) is 0 Å². The minimum atomic E-state index is -0.137. The fraction of sp³-hybridized carbons (Fsp3) is 0.367. The van der Waals surface area contributed by atoms with Gasteiger partial charge in [-0.3, -0.25) is 4.90 Å². The van der Waals surface area contributed by atoms with E-state index in [4.69, 9.17) is 4.42 Å². The van der Waals surface area contributed by atoms with Crippen LogP contribution in [0.2, 0.25) is 0 Å². The fourth-order valence-electron chi connectivity index (χ4n) is 10.9. The van der Waals surface area contributed by atoms with Gasteiger partial charge in [-0.05, 0) is 151 Å². The van der Waals surface area contributed by atoms with Gasteiger partial charge in [-0.2, -0.15) is 0 Å². The van der Waals surface area contributed by atoms with Crippen LogP contribution in [0.3, 0.4) is 0 Å². The molecule has 0 atom stereocenters. The third-order valence-corrected chi connectivity index (χ3v) is 14.8. The number of fused-ring (bicyclic) bond motifs is 7. The molecule has 64 heavy (non-hydrogen) atoms. The van der Waals surface area contributed by atoms with Gasteiger partial charge in [0.05, 0.1) is 5.69 Å². The summed E-state index contributed by atoms with van der Waals surface area (Å²) in [5, 5.41) is 1.24. The quantitative estimate of drug-likeness (QED) is 0.165. The molecule has 6 aromatic carbocycles. The highest BCUT2D eigenvalue weighted by Gasteiger charge is 2.48. The molecule has 4 heteroatoms. The van der Waals surface area contributed by atoms with Crippen molar-refractivity contribution < 1.29 is 4.42 Å². The highest BCUT2D eigenvalue weighted by atomic mass is 16.4. The first-order valence-corrected chi connectivity index (χ1v) is 23.8. The summed E-state index contributed by atoms with van der Waals surface area (Å²) in [6.07, 6.45) is 3.49. The van der Waals surface area contributed by atoms with E-state index < -0.39 is 0 Å². The number of hydrogen-bond donors (Lipinski definition) is 0. The van der Waals surface area contributed by atoms with Crippen molar-refractivity contribution in [3.63, 3.8) is 0 Å². The second kappa shape index (κ2) is 14.3. The van der Waals surface area contributed by atoms with Crippen LogP contribution in [0.25, 0.3) is 22.1 Å². The zero-order valence-electron chi connectivity index (χ0n) is 41.0. The van der Waals surface area contributed by atoms with Crippen molar-refractivity contribution in [1.29, 1.82) is 0 Å². The molecule has 0 N–H and O–H groups in total. The molecule has 1 aliphatic carbocycles. The monoisotopic (exact) mass is 843 g/mol. The summed E-state index contributed by atoms with van der Waals surface area (Å²) in [5.41, 5.74) is 21.4. The lowest BCUT2D eigenvalue weighted by atomic mass is 9.33. The first kappa shape index (κ1) is 42.5. The number of anilines is 6. The standard InChI is InChI=1S/C60H67BN2O/c1-56(2,3)39-22-26-43(27-23-39)62-50-34-42(59(10,11)12)35-51-54(50)61(53-45-31-38-21-18-30-60(13,14)46(38)36-52(45)64-55(53)62)47-33-41(58(7,8)9)25-29-49(47)63(51)48-28-24-40(57(4,5)6)32-44(48)37-19-16-15-17-20-37/h15-17,19-20,22-29,31-36H,18,21,30H2,1-14H3. The second-order valence-electron chi connectivity index (χ2n) is 24.0. The third kappa shape index (κ3) is 6.85. The molecule has 1 aromatic heterocycles. The van der Waals surface area contributed by atoms with Gasteiger partial charge < -0.3 is 9.32 Å². The lowest BCUT2D eigenvalue weighted by molar-refractivity contribution is 0.432. The largest absolute Gasteiger partial charge is 0.440 e. The summed E-state index contributed by atoms with van der Waals surface area (Å²) in [5.74, 6) is 0.938. The van der Waals surface area contributed by atoms with Crippen molar-refractivity contribution in [3.05, 3.63) is 149 Å². The Labute approximate surface area is 384 Å². The van der Waals surface area contributed by atoms with Gasteiger partial charge in [0, 0.05) is 39.2 Å². The van der Waals surface area contributed by atoms with Crippen LogP contribution in [0.4, 0.5) is 34.3 Å². The van der Waals surface area contributed by atoms with Crippen LogP contribution in [0.15, 0.2) is 120 Å². The van der Waals surface area contributed by atoms with Crippen molar-refractivity contribution in [2.45, 2.75) is 143 Å². The minimum Gasteiger partial charge on any atom is -0.440 e. The number of furan rings is 1. The summed E-state index contributed by atoms with van der Waals surface area (Å²) >= 11 is 0. The molecule has 326 valence electrons. The van der Waals surface area contributed by atoms with E-state index in [0.29, 0.717) is 0 Å². The molecule has 0 saturated carbocycles. The molecule has 7 aromatic rings. The van der Waals surface area contributed by atoms with Crippen LogP contribution in [-0.2, 0) is 33.5 Å². The molecule has 3 aliphatic rings. The molecule has 10 rings (SSSR count). The van der Waals surface area contributed by atoms with E-state index in [1.54, 1.807) is 0 Å². The van der Waals surface area contributed by atoms with E-state index in [2.05, 4.69) is 222 Å². The third-order valence-electron chi connectivity index (χ3n) is 14.8. The van der Waals surface area contributed by atoms with E-state index in [9.17, 15) is 0 Å². The maximum Gasteiger partial charge on any atom is 0.257 e. The lowest BCUT2D eigenvalue weighted by Gasteiger charge is -2.44. The van der Waals surface area contributed by atoms with E-state index in [0.717, 1.165) is 23.6 Å². The zero-order valence-corrected chi connectivity index (χ0v) is 41.0. The van der Waals surface area contributed by atoms with Gasteiger partial charge in [-0.15, -0.1) is 0 Å². The van der Waals surface area contributed by atoms with Gasteiger partial charge in [0.1, 0.15) is 5.58 Å².